The zero-order chi connectivity index (χ0) is 26.6. The quantitative estimate of drug-likeness (QED) is 0.253. The third-order valence-corrected chi connectivity index (χ3v) is 6.97. The number of pyridine rings is 1. The van der Waals surface area contributed by atoms with Crippen LogP contribution in [0.5, 0.6) is 5.75 Å². The number of hydrogen-bond acceptors (Lipinski definition) is 8. The second-order valence-corrected chi connectivity index (χ2v) is 9.45. The van der Waals surface area contributed by atoms with Gasteiger partial charge >= 0.3 is 0 Å². The molecule has 0 spiro atoms. The standard InChI is InChI=1S/C27H22F2N6O2S/c1-37-22-8-9-31-26(24(22)27(36)33-12-15-2-5-19(28)20(29)10-15)32-13-17-4-7-23(38-17)16-3-6-21-18(11-16)25(30)35-14-34-21/h2-11,14H,12-13H2,1H3,(H,31,32)(H,33,36)(H2,30,34,35). The molecule has 0 aliphatic carbocycles. The van der Waals surface area contributed by atoms with Gasteiger partial charge in [-0.05, 0) is 53.6 Å². The van der Waals surface area contributed by atoms with Crippen LogP contribution >= 0.6 is 11.3 Å². The van der Waals surface area contributed by atoms with Crippen LogP contribution < -0.4 is 21.1 Å². The molecule has 0 aliphatic rings. The average Bonchev–Trinajstić information content (AvgIpc) is 3.41. The Morgan fingerprint density at radius 1 is 1.00 bits per heavy atom. The molecule has 0 bridgehead atoms. The van der Waals surface area contributed by atoms with Gasteiger partial charge in [0.1, 0.15) is 29.3 Å². The Morgan fingerprint density at radius 3 is 2.68 bits per heavy atom. The number of thiophene rings is 1. The summed E-state index contributed by atoms with van der Waals surface area (Å²) in [6.45, 7) is 0.413. The number of fused-ring (bicyclic) bond motifs is 1. The number of nitrogens with one attached hydrogen (secondary N) is 2. The van der Waals surface area contributed by atoms with Crippen molar-refractivity contribution in [3.63, 3.8) is 0 Å². The van der Waals surface area contributed by atoms with Crippen LogP contribution in [-0.4, -0.2) is 28.0 Å². The van der Waals surface area contributed by atoms with E-state index in [0.29, 0.717) is 29.5 Å². The second-order valence-electron chi connectivity index (χ2n) is 8.28. The first kappa shape index (κ1) is 25.0. The first-order valence-corrected chi connectivity index (χ1v) is 12.3. The normalized spacial score (nSPS) is 10.9. The maximum Gasteiger partial charge on any atom is 0.259 e. The molecule has 0 atom stereocenters. The minimum atomic E-state index is -0.978. The molecule has 38 heavy (non-hydrogen) atoms. The number of carbonyl (C=O) groups excluding carboxylic acids is 1. The summed E-state index contributed by atoms with van der Waals surface area (Å²) in [6, 6.07) is 14.9. The number of nitrogens with two attached hydrogens (primary N) is 1. The monoisotopic (exact) mass is 532 g/mol. The first-order chi connectivity index (χ1) is 18.4. The van der Waals surface area contributed by atoms with Crippen molar-refractivity contribution < 1.29 is 18.3 Å². The minimum Gasteiger partial charge on any atom is -0.496 e. The lowest BCUT2D eigenvalue weighted by molar-refractivity contribution is 0.0948. The number of nitrogen functional groups attached to an aromatic ring is 1. The molecular formula is C27H22F2N6O2S. The third kappa shape index (κ3) is 5.23. The highest BCUT2D eigenvalue weighted by atomic mass is 32.1. The zero-order valence-electron chi connectivity index (χ0n) is 20.2. The van der Waals surface area contributed by atoms with E-state index in [9.17, 15) is 13.6 Å². The van der Waals surface area contributed by atoms with Gasteiger partial charge in [-0.25, -0.2) is 23.7 Å². The summed E-state index contributed by atoms with van der Waals surface area (Å²) >= 11 is 1.58. The number of ether oxygens (including phenoxy) is 1. The van der Waals surface area contributed by atoms with Crippen molar-refractivity contribution in [3.05, 3.63) is 94.8 Å². The maximum atomic E-state index is 13.5. The molecule has 0 saturated carbocycles. The number of amides is 1. The van der Waals surface area contributed by atoms with Crippen molar-refractivity contribution in [3.8, 4) is 16.2 Å². The Kier molecular flexibility index (Phi) is 7.09. The smallest absolute Gasteiger partial charge is 0.259 e. The van der Waals surface area contributed by atoms with Crippen LogP contribution in [0.4, 0.5) is 20.4 Å². The molecule has 5 aromatic rings. The number of aromatic nitrogens is 3. The predicted molar refractivity (Wildman–Crippen MR) is 143 cm³/mol. The summed E-state index contributed by atoms with van der Waals surface area (Å²) in [5.74, 6) is -1.31. The maximum absolute atomic E-state index is 13.5. The van der Waals surface area contributed by atoms with E-state index in [1.165, 1.54) is 25.7 Å². The lowest BCUT2D eigenvalue weighted by atomic mass is 10.1. The lowest BCUT2D eigenvalue weighted by Crippen LogP contribution is -2.25. The summed E-state index contributed by atoms with van der Waals surface area (Å²) in [5, 5.41) is 6.72. The van der Waals surface area contributed by atoms with Gasteiger partial charge in [-0.1, -0.05) is 12.1 Å². The number of benzene rings is 2. The third-order valence-electron chi connectivity index (χ3n) is 5.84. The highest BCUT2D eigenvalue weighted by Crippen LogP contribution is 2.32. The molecule has 2 aromatic carbocycles. The van der Waals surface area contributed by atoms with Crippen LogP contribution in [-0.2, 0) is 13.1 Å². The number of nitrogens with zero attached hydrogens (tertiary/aromatic N) is 3. The van der Waals surface area contributed by atoms with Crippen LogP contribution in [0, 0.1) is 11.6 Å². The Balaban J connectivity index is 1.32. The molecule has 8 nitrogen and oxygen atoms in total. The van der Waals surface area contributed by atoms with Gasteiger partial charge in [0.05, 0.1) is 19.2 Å². The number of carbonyl (C=O) groups is 1. The number of halogens is 2. The fourth-order valence-corrected chi connectivity index (χ4v) is 4.86. The molecule has 1 amide bonds. The van der Waals surface area contributed by atoms with E-state index >= 15 is 0 Å². The molecular weight excluding hydrogens is 510 g/mol. The number of hydrogen-bond donors (Lipinski definition) is 3. The van der Waals surface area contributed by atoms with Gasteiger partial charge < -0.3 is 21.1 Å². The predicted octanol–water partition coefficient (Wildman–Crippen LogP) is 5.16. The van der Waals surface area contributed by atoms with Gasteiger partial charge in [0.15, 0.2) is 11.6 Å². The molecule has 5 rings (SSSR count). The molecule has 3 heterocycles. The van der Waals surface area contributed by atoms with E-state index in [1.807, 2.05) is 30.3 Å². The van der Waals surface area contributed by atoms with Gasteiger partial charge in [0, 0.05) is 27.9 Å². The van der Waals surface area contributed by atoms with Gasteiger partial charge in [0.25, 0.3) is 5.91 Å². The topological polar surface area (TPSA) is 115 Å². The highest BCUT2D eigenvalue weighted by molar-refractivity contribution is 7.15. The van der Waals surface area contributed by atoms with Gasteiger partial charge in [-0.2, -0.15) is 0 Å². The van der Waals surface area contributed by atoms with E-state index in [0.717, 1.165) is 38.4 Å². The van der Waals surface area contributed by atoms with Gasteiger partial charge in [-0.15, -0.1) is 11.3 Å². The van der Waals surface area contributed by atoms with Crippen molar-refractivity contribution in [1.82, 2.24) is 20.3 Å². The molecule has 0 saturated heterocycles. The average molecular weight is 533 g/mol. The highest BCUT2D eigenvalue weighted by Gasteiger charge is 2.19. The zero-order valence-corrected chi connectivity index (χ0v) is 21.0. The molecule has 4 N–H and O–H groups in total. The SMILES string of the molecule is COc1ccnc(NCc2ccc(-c3ccc4ncnc(N)c4c3)s2)c1C(=O)NCc1ccc(F)c(F)c1. The number of anilines is 2. The molecule has 0 radical (unpaired) electrons. The van der Waals surface area contributed by atoms with E-state index < -0.39 is 17.5 Å². The van der Waals surface area contributed by atoms with Crippen molar-refractivity contribution in [1.29, 1.82) is 0 Å². The Morgan fingerprint density at radius 2 is 1.87 bits per heavy atom. The van der Waals surface area contributed by atoms with E-state index in [4.69, 9.17) is 10.5 Å². The van der Waals surface area contributed by atoms with E-state index in [-0.39, 0.29) is 12.1 Å². The van der Waals surface area contributed by atoms with Crippen LogP contribution in [0.25, 0.3) is 21.3 Å². The van der Waals surface area contributed by atoms with Gasteiger partial charge in [0.2, 0.25) is 0 Å². The second kappa shape index (κ2) is 10.8. The molecule has 0 aliphatic heterocycles. The van der Waals surface area contributed by atoms with E-state index in [2.05, 4.69) is 25.6 Å². The van der Waals surface area contributed by atoms with Crippen LogP contribution in [0.1, 0.15) is 20.8 Å². The van der Waals surface area contributed by atoms with Gasteiger partial charge in [-0.3, -0.25) is 4.79 Å². The van der Waals surface area contributed by atoms with Crippen molar-refractivity contribution in [2.75, 3.05) is 18.2 Å². The Bertz CT molecular complexity index is 1640. The summed E-state index contributed by atoms with van der Waals surface area (Å²) in [6.07, 6.45) is 2.98. The molecule has 0 fully saturated rings. The summed E-state index contributed by atoms with van der Waals surface area (Å²) in [4.78, 5) is 27.7. The molecule has 192 valence electrons. The fourth-order valence-electron chi connectivity index (χ4n) is 3.92. The largest absolute Gasteiger partial charge is 0.496 e. The Labute approximate surface area is 220 Å². The number of methoxy groups -OCH3 is 1. The minimum absolute atomic E-state index is 0.00309. The summed E-state index contributed by atoms with van der Waals surface area (Å²) in [5.41, 5.74) is 8.41. The summed E-state index contributed by atoms with van der Waals surface area (Å²) in [7, 11) is 1.46. The van der Waals surface area contributed by atoms with Crippen LogP contribution in [0.2, 0.25) is 0 Å². The summed E-state index contributed by atoms with van der Waals surface area (Å²) < 4.78 is 32.1. The molecule has 3 aromatic heterocycles. The van der Waals surface area contributed by atoms with Crippen LogP contribution in [0.15, 0.2) is 67.1 Å². The number of rotatable bonds is 8. The molecule has 0 unspecified atom stereocenters. The Hall–Kier alpha value is -4.64. The van der Waals surface area contributed by atoms with Crippen molar-refractivity contribution in [2.24, 2.45) is 0 Å². The molecule has 11 heteroatoms. The van der Waals surface area contributed by atoms with E-state index in [1.54, 1.807) is 17.4 Å². The van der Waals surface area contributed by atoms with Crippen molar-refractivity contribution in [2.45, 2.75) is 13.1 Å². The lowest BCUT2D eigenvalue weighted by Gasteiger charge is -2.14. The van der Waals surface area contributed by atoms with Crippen LogP contribution in [0.3, 0.4) is 0 Å². The first-order valence-electron chi connectivity index (χ1n) is 11.5. The van der Waals surface area contributed by atoms with Crippen molar-refractivity contribution >= 4 is 39.8 Å². The fraction of sp³-hybridized carbons (Fsp3) is 0.111.